The maximum Gasteiger partial charge on any atom is 0.343 e. The molecule has 3 aromatic carbocycles. The number of hydrogen-bond donors (Lipinski definition) is 0. The number of ether oxygens (including phenoxy) is 8. The van der Waals surface area contributed by atoms with Gasteiger partial charge >= 0.3 is 29.8 Å². The summed E-state index contributed by atoms with van der Waals surface area (Å²) in [5.74, 6) is -0.851. The third-order valence-electron chi connectivity index (χ3n) is 9.35. The summed E-state index contributed by atoms with van der Waals surface area (Å²) in [5.41, 5.74) is 2.30. The predicted molar refractivity (Wildman–Crippen MR) is 235 cm³/mol. The SMILES string of the molecule is C=C(C)C(=O)OCCCCCCCCCCOC(=O)c1cc(OC(=O)c2ccc(/C=C/C(=O)OC)cc2)ccc1OCCCCCCOc1ccc(/C=C/C(=O)OC)cc1OC. The third-order valence-corrected chi connectivity index (χ3v) is 9.35. The van der Waals surface area contributed by atoms with Crippen LogP contribution < -0.4 is 18.9 Å². The molecule has 0 atom stereocenters. The maximum atomic E-state index is 13.4. The first-order valence-corrected chi connectivity index (χ1v) is 21.0. The molecular formula is C49H60O13. The molecular weight excluding hydrogens is 797 g/mol. The smallest absolute Gasteiger partial charge is 0.343 e. The molecule has 0 amide bonds. The van der Waals surface area contributed by atoms with Gasteiger partial charge in [-0.3, -0.25) is 0 Å². The van der Waals surface area contributed by atoms with E-state index in [1.54, 1.807) is 74.7 Å². The van der Waals surface area contributed by atoms with Gasteiger partial charge in [-0.1, -0.05) is 63.3 Å². The molecule has 0 heterocycles. The van der Waals surface area contributed by atoms with E-state index in [9.17, 15) is 24.0 Å². The Labute approximate surface area is 365 Å². The molecule has 13 heteroatoms. The number of unbranched alkanes of at least 4 members (excludes halogenated alkanes) is 10. The Morgan fingerprint density at radius 3 is 1.60 bits per heavy atom. The van der Waals surface area contributed by atoms with Crippen LogP contribution in [0.5, 0.6) is 23.0 Å². The van der Waals surface area contributed by atoms with Crippen molar-refractivity contribution < 1.29 is 61.9 Å². The van der Waals surface area contributed by atoms with E-state index in [-0.39, 0.29) is 29.5 Å². The molecule has 334 valence electrons. The monoisotopic (exact) mass is 856 g/mol. The molecule has 62 heavy (non-hydrogen) atoms. The van der Waals surface area contributed by atoms with Crippen LogP contribution in [0.15, 0.2) is 85.0 Å². The molecule has 13 nitrogen and oxygen atoms in total. The minimum absolute atomic E-state index is 0.154. The van der Waals surface area contributed by atoms with E-state index in [0.717, 1.165) is 76.2 Å². The second kappa shape index (κ2) is 29.0. The third kappa shape index (κ3) is 19.3. The summed E-state index contributed by atoms with van der Waals surface area (Å²) >= 11 is 0. The summed E-state index contributed by atoms with van der Waals surface area (Å²) < 4.78 is 43.1. The predicted octanol–water partition coefficient (Wildman–Crippen LogP) is 9.70. The number of rotatable bonds is 29. The van der Waals surface area contributed by atoms with Crippen LogP contribution in [0.3, 0.4) is 0 Å². The van der Waals surface area contributed by atoms with Gasteiger partial charge in [-0.15, -0.1) is 0 Å². The Morgan fingerprint density at radius 1 is 0.532 bits per heavy atom. The molecule has 0 bridgehead atoms. The standard InChI is InChI=1S/C49H60O13/c1-36(2)47(52)60-32-16-10-8-6-7-9-11-17-33-61-49(54)41-35-40(62-48(53)39-23-18-37(19-24-39)21-28-45(50)56-4)25-27-42(41)58-30-14-12-13-15-31-59-43-26-20-38(34-44(43)55-3)22-29-46(51)57-5/h18-29,34-35H,1,6-17,30-33H2,2-5H3/b28-21+,29-22+. The van der Waals surface area contributed by atoms with E-state index in [1.807, 2.05) is 6.07 Å². The van der Waals surface area contributed by atoms with Crippen LogP contribution >= 0.6 is 0 Å². The van der Waals surface area contributed by atoms with Crippen molar-refractivity contribution in [3.05, 3.63) is 107 Å². The Hall–Kier alpha value is -6.37. The van der Waals surface area contributed by atoms with Gasteiger partial charge in [0.2, 0.25) is 0 Å². The molecule has 0 aliphatic carbocycles. The van der Waals surface area contributed by atoms with Crippen molar-refractivity contribution in [3.63, 3.8) is 0 Å². The van der Waals surface area contributed by atoms with Gasteiger partial charge in [0.25, 0.3) is 0 Å². The summed E-state index contributed by atoms with van der Waals surface area (Å²) in [5, 5.41) is 0. The van der Waals surface area contributed by atoms with E-state index in [2.05, 4.69) is 16.1 Å². The number of carbonyl (C=O) groups is 5. The van der Waals surface area contributed by atoms with Crippen LogP contribution in [0.4, 0.5) is 0 Å². The van der Waals surface area contributed by atoms with Gasteiger partial charge in [0.05, 0.1) is 53.3 Å². The highest BCUT2D eigenvalue weighted by atomic mass is 16.6. The summed E-state index contributed by atoms with van der Waals surface area (Å²) in [6.45, 7) is 6.70. The highest BCUT2D eigenvalue weighted by Crippen LogP contribution is 2.29. The average molecular weight is 857 g/mol. The van der Waals surface area contributed by atoms with Crippen LogP contribution in [0.1, 0.15) is 116 Å². The van der Waals surface area contributed by atoms with E-state index in [1.165, 1.54) is 32.4 Å². The molecule has 0 saturated heterocycles. The van der Waals surface area contributed by atoms with Gasteiger partial charge in [0, 0.05) is 17.7 Å². The van der Waals surface area contributed by atoms with Crippen molar-refractivity contribution in [2.75, 3.05) is 47.8 Å². The number of methoxy groups -OCH3 is 3. The molecule has 0 aromatic heterocycles. The van der Waals surface area contributed by atoms with Gasteiger partial charge in [-0.25, -0.2) is 24.0 Å². The second-order valence-corrected chi connectivity index (χ2v) is 14.3. The Bertz CT molecular complexity index is 1960. The largest absolute Gasteiger partial charge is 0.493 e. The fraction of sp³-hybridized carbons (Fsp3) is 0.408. The van der Waals surface area contributed by atoms with Gasteiger partial charge in [0.15, 0.2) is 11.5 Å². The minimum Gasteiger partial charge on any atom is -0.493 e. The number of carbonyl (C=O) groups excluding carboxylic acids is 5. The van der Waals surface area contributed by atoms with Gasteiger partial charge < -0.3 is 37.9 Å². The fourth-order valence-corrected chi connectivity index (χ4v) is 5.84. The molecule has 0 radical (unpaired) electrons. The molecule has 0 spiro atoms. The molecule has 0 aliphatic rings. The first-order valence-electron chi connectivity index (χ1n) is 21.0. The van der Waals surface area contributed by atoms with Crippen LogP contribution in [0, 0.1) is 0 Å². The summed E-state index contributed by atoms with van der Waals surface area (Å²) in [7, 11) is 4.17. The molecule has 0 aliphatic heterocycles. The van der Waals surface area contributed by atoms with Crippen molar-refractivity contribution in [2.24, 2.45) is 0 Å². The lowest BCUT2D eigenvalue weighted by atomic mass is 10.1. The molecule has 0 unspecified atom stereocenters. The number of benzene rings is 3. The van der Waals surface area contributed by atoms with E-state index in [4.69, 9.17) is 28.4 Å². The minimum atomic E-state index is -0.625. The lowest BCUT2D eigenvalue weighted by Gasteiger charge is -2.14. The van der Waals surface area contributed by atoms with Crippen molar-refractivity contribution in [1.29, 1.82) is 0 Å². The zero-order chi connectivity index (χ0) is 45.0. The molecule has 3 aromatic rings. The van der Waals surface area contributed by atoms with Crippen LogP contribution in [-0.2, 0) is 33.3 Å². The van der Waals surface area contributed by atoms with E-state index >= 15 is 0 Å². The molecule has 0 fully saturated rings. The van der Waals surface area contributed by atoms with Crippen LogP contribution in [0.2, 0.25) is 0 Å². The topological polar surface area (TPSA) is 159 Å². The average Bonchev–Trinajstić information content (AvgIpc) is 3.28. The summed E-state index contributed by atoms with van der Waals surface area (Å²) in [4.78, 5) is 60.7. The lowest BCUT2D eigenvalue weighted by molar-refractivity contribution is -0.139. The Kier molecular flexibility index (Phi) is 23.4. The Morgan fingerprint density at radius 2 is 1.03 bits per heavy atom. The fourth-order valence-electron chi connectivity index (χ4n) is 5.84. The van der Waals surface area contributed by atoms with E-state index in [0.29, 0.717) is 54.6 Å². The normalized spacial score (nSPS) is 10.9. The zero-order valence-electron chi connectivity index (χ0n) is 36.4. The van der Waals surface area contributed by atoms with Crippen molar-refractivity contribution in [3.8, 4) is 23.0 Å². The molecule has 0 saturated carbocycles. The summed E-state index contributed by atoms with van der Waals surface area (Å²) in [6.07, 6.45) is 16.7. The lowest BCUT2D eigenvalue weighted by Crippen LogP contribution is -2.12. The van der Waals surface area contributed by atoms with Crippen molar-refractivity contribution >= 4 is 42.0 Å². The number of hydrogen-bond acceptors (Lipinski definition) is 13. The first kappa shape index (κ1) is 50.0. The van der Waals surface area contributed by atoms with Crippen molar-refractivity contribution in [2.45, 2.75) is 84.0 Å². The first-order chi connectivity index (χ1) is 30.0. The van der Waals surface area contributed by atoms with Gasteiger partial charge in [-0.05, 0) is 111 Å². The van der Waals surface area contributed by atoms with Gasteiger partial charge in [-0.2, -0.15) is 0 Å². The Balaban J connectivity index is 1.49. The zero-order valence-corrected chi connectivity index (χ0v) is 36.4. The quantitative estimate of drug-likeness (QED) is 0.0214. The van der Waals surface area contributed by atoms with E-state index < -0.39 is 23.9 Å². The molecule has 3 rings (SSSR count). The maximum absolute atomic E-state index is 13.4. The second-order valence-electron chi connectivity index (χ2n) is 14.3. The van der Waals surface area contributed by atoms with Crippen molar-refractivity contribution in [1.82, 2.24) is 0 Å². The summed E-state index contributed by atoms with van der Waals surface area (Å²) in [6, 6.07) is 16.5. The van der Waals surface area contributed by atoms with Crippen LogP contribution in [0.25, 0.3) is 12.2 Å². The van der Waals surface area contributed by atoms with Gasteiger partial charge in [0.1, 0.15) is 17.1 Å². The number of esters is 5. The van der Waals surface area contributed by atoms with Crippen LogP contribution in [-0.4, -0.2) is 77.6 Å². The highest BCUT2D eigenvalue weighted by Gasteiger charge is 2.18. The highest BCUT2D eigenvalue weighted by molar-refractivity contribution is 5.95. The molecule has 0 N–H and O–H groups in total.